The topological polar surface area (TPSA) is 106 Å². The molecule has 0 aromatic carbocycles. The van der Waals surface area contributed by atoms with Gasteiger partial charge >= 0.3 is 6.03 Å². The van der Waals surface area contributed by atoms with Gasteiger partial charge < -0.3 is 11.1 Å². The maximum absolute atomic E-state index is 11.4. The number of aryl methyl sites for hydroxylation is 1. The van der Waals surface area contributed by atoms with Gasteiger partial charge in [0.05, 0.1) is 25.3 Å². The van der Waals surface area contributed by atoms with E-state index in [1.165, 1.54) is 4.90 Å². The summed E-state index contributed by atoms with van der Waals surface area (Å²) in [4.78, 5) is 23.9. The molecule has 19 heavy (non-hydrogen) atoms. The first-order valence-corrected chi connectivity index (χ1v) is 6.38. The van der Waals surface area contributed by atoms with E-state index in [4.69, 9.17) is 5.73 Å². The van der Waals surface area contributed by atoms with E-state index in [2.05, 4.69) is 15.6 Å². The van der Waals surface area contributed by atoms with Crippen LogP contribution in [-0.4, -0.2) is 51.5 Å². The zero-order valence-corrected chi connectivity index (χ0v) is 10.7. The highest BCUT2D eigenvalue weighted by Crippen LogP contribution is 2.02. The molecule has 0 spiro atoms. The minimum absolute atomic E-state index is 0.0839. The van der Waals surface area contributed by atoms with Gasteiger partial charge in [-0.3, -0.25) is 14.4 Å². The summed E-state index contributed by atoms with van der Waals surface area (Å²) in [6.07, 6.45) is 4.65. The van der Waals surface area contributed by atoms with Crippen LogP contribution in [0.15, 0.2) is 6.20 Å². The number of nitrogens with zero attached hydrogens (tertiary/aromatic N) is 4. The molecule has 1 fully saturated rings. The Morgan fingerprint density at radius 1 is 1.32 bits per heavy atom. The number of urea groups is 1. The fourth-order valence-electron chi connectivity index (χ4n) is 1.90. The number of hydrogen-bond acceptors (Lipinski definition) is 5. The molecule has 2 rings (SSSR count). The van der Waals surface area contributed by atoms with Crippen LogP contribution in [-0.2, 0) is 17.8 Å². The lowest BCUT2D eigenvalue weighted by Gasteiger charge is -2.11. The van der Waals surface area contributed by atoms with Crippen molar-refractivity contribution < 1.29 is 9.59 Å². The molecule has 8 heteroatoms. The van der Waals surface area contributed by atoms with Crippen molar-refractivity contribution >= 4 is 11.9 Å². The van der Waals surface area contributed by atoms with E-state index in [1.807, 2.05) is 6.20 Å². The van der Waals surface area contributed by atoms with Crippen LogP contribution in [0.5, 0.6) is 0 Å². The minimum Gasteiger partial charge on any atom is -0.330 e. The van der Waals surface area contributed by atoms with Crippen molar-refractivity contribution in [2.75, 3.05) is 19.6 Å². The third kappa shape index (κ3) is 3.50. The summed E-state index contributed by atoms with van der Waals surface area (Å²) in [5, 5.41) is 10.5. The second kappa shape index (κ2) is 6.28. The molecule has 1 aliphatic rings. The maximum Gasteiger partial charge on any atom is 0.324 e. The van der Waals surface area contributed by atoms with Crippen LogP contribution in [0.1, 0.15) is 18.5 Å². The van der Waals surface area contributed by atoms with Gasteiger partial charge in [0.1, 0.15) is 0 Å². The number of nitrogens with one attached hydrogen (secondary N) is 1. The average molecular weight is 266 g/mol. The van der Waals surface area contributed by atoms with Crippen molar-refractivity contribution in [3.05, 3.63) is 11.9 Å². The summed E-state index contributed by atoms with van der Waals surface area (Å²) >= 11 is 0. The number of amides is 3. The predicted octanol–water partition coefficient (Wildman–Crippen LogP) is -0.889. The van der Waals surface area contributed by atoms with Gasteiger partial charge in [0.25, 0.3) is 0 Å². The van der Waals surface area contributed by atoms with Gasteiger partial charge in [-0.05, 0) is 25.8 Å². The van der Waals surface area contributed by atoms with E-state index < -0.39 is 0 Å². The second-order valence-corrected chi connectivity index (χ2v) is 4.42. The van der Waals surface area contributed by atoms with E-state index in [-0.39, 0.29) is 18.5 Å². The molecule has 0 unspecified atom stereocenters. The number of carbonyl (C=O) groups excluding carboxylic acids is 2. The molecule has 1 aromatic rings. The van der Waals surface area contributed by atoms with Crippen LogP contribution in [0.2, 0.25) is 0 Å². The normalized spacial score (nSPS) is 15.1. The number of rotatable bonds is 7. The third-order valence-corrected chi connectivity index (χ3v) is 2.96. The summed E-state index contributed by atoms with van der Waals surface area (Å²) in [6.45, 7) is 1.54. The van der Waals surface area contributed by atoms with Gasteiger partial charge in [0, 0.05) is 6.20 Å². The molecule has 1 aliphatic heterocycles. The van der Waals surface area contributed by atoms with Crippen LogP contribution >= 0.6 is 0 Å². The van der Waals surface area contributed by atoms with Crippen molar-refractivity contribution in [2.45, 2.75) is 25.8 Å². The number of unbranched alkanes of at least 4 members (excludes halogenated alkanes) is 1. The van der Waals surface area contributed by atoms with Crippen molar-refractivity contribution in [2.24, 2.45) is 5.73 Å². The van der Waals surface area contributed by atoms with E-state index in [1.54, 1.807) is 4.68 Å². The molecular formula is C11H18N6O2. The SMILES string of the molecule is NCCCCc1cn(CCN2C(=O)CNC2=O)nn1. The molecule has 2 heterocycles. The number of imide groups is 1. The van der Waals surface area contributed by atoms with E-state index in [0.29, 0.717) is 19.6 Å². The first-order chi connectivity index (χ1) is 9.20. The van der Waals surface area contributed by atoms with Crippen molar-refractivity contribution in [1.29, 1.82) is 0 Å². The largest absolute Gasteiger partial charge is 0.330 e. The first-order valence-electron chi connectivity index (χ1n) is 6.38. The number of hydrogen-bond donors (Lipinski definition) is 2. The third-order valence-electron chi connectivity index (χ3n) is 2.96. The van der Waals surface area contributed by atoms with Gasteiger partial charge in [0.2, 0.25) is 5.91 Å². The molecule has 1 aromatic heterocycles. The standard InChI is InChI=1S/C11H18N6O2/c12-4-2-1-3-9-8-16(15-14-9)5-6-17-10(18)7-13-11(17)19/h8H,1-7,12H2,(H,13,19). The molecule has 0 saturated carbocycles. The van der Waals surface area contributed by atoms with Gasteiger partial charge in [-0.25, -0.2) is 4.79 Å². The zero-order valence-electron chi connectivity index (χ0n) is 10.7. The van der Waals surface area contributed by atoms with Crippen LogP contribution in [0.4, 0.5) is 4.79 Å². The molecule has 1 saturated heterocycles. The Kier molecular flexibility index (Phi) is 4.45. The predicted molar refractivity (Wildman–Crippen MR) is 67.1 cm³/mol. The van der Waals surface area contributed by atoms with Crippen LogP contribution in [0.3, 0.4) is 0 Å². The summed E-state index contributed by atoms with van der Waals surface area (Å²) in [6, 6.07) is -0.340. The summed E-state index contributed by atoms with van der Waals surface area (Å²) in [5.41, 5.74) is 6.33. The van der Waals surface area contributed by atoms with Crippen molar-refractivity contribution in [1.82, 2.24) is 25.2 Å². The van der Waals surface area contributed by atoms with Gasteiger partial charge in [-0.2, -0.15) is 0 Å². The molecule has 0 radical (unpaired) electrons. The number of carbonyl (C=O) groups is 2. The fourth-order valence-corrected chi connectivity index (χ4v) is 1.90. The van der Waals surface area contributed by atoms with Crippen LogP contribution in [0.25, 0.3) is 0 Å². The van der Waals surface area contributed by atoms with Crippen LogP contribution in [0, 0.1) is 0 Å². The molecule has 0 aliphatic carbocycles. The summed E-state index contributed by atoms with van der Waals surface area (Å²) in [7, 11) is 0. The average Bonchev–Trinajstić information content (AvgIpc) is 2.96. The second-order valence-electron chi connectivity index (χ2n) is 4.42. The molecule has 0 atom stereocenters. The van der Waals surface area contributed by atoms with E-state index in [0.717, 1.165) is 25.0 Å². The van der Waals surface area contributed by atoms with Gasteiger partial charge in [-0.1, -0.05) is 5.21 Å². The Balaban J connectivity index is 1.80. The summed E-state index contributed by atoms with van der Waals surface area (Å²) < 4.78 is 1.65. The molecule has 3 amide bonds. The number of aromatic nitrogens is 3. The first kappa shape index (κ1) is 13.5. The Hall–Kier alpha value is -1.96. The lowest BCUT2D eigenvalue weighted by Crippen LogP contribution is -2.33. The Morgan fingerprint density at radius 2 is 2.16 bits per heavy atom. The molecule has 8 nitrogen and oxygen atoms in total. The van der Waals surface area contributed by atoms with Gasteiger partial charge in [-0.15, -0.1) is 5.10 Å². The fraction of sp³-hybridized carbons (Fsp3) is 0.636. The van der Waals surface area contributed by atoms with Crippen molar-refractivity contribution in [3.63, 3.8) is 0 Å². The highest BCUT2D eigenvalue weighted by Gasteiger charge is 2.27. The Morgan fingerprint density at radius 3 is 2.84 bits per heavy atom. The highest BCUT2D eigenvalue weighted by molar-refractivity contribution is 6.01. The monoisotopic (exact) mass is 266 g/mol. The smallest absolute Gasteiger partial charge is 0.324 e. The van der Waals surface area contributed by atoms with Crippen molar-refractivity contribution in [3.8, 4) is 0 Å². The molecule has 104 valence electrons. The maximum atomic E-state index is 11.4. The highest BCUT2D eigenvalue weighted by atomic mass is 16.2. The van der Waals surface area contributed by atoms with E-state index in [9.17, 15) is 9.59 Å². The van der Waals surface area contributed by atoms with Gasteiger partial charge in [0.15, 0.2) is 0 Å². The lowest BCUT2D eigenvalue weighted by atomic mass is 10.2. The Labute approximate surface area is 110 Å². The lowest BCUT2D eigenvalue weighted by molar-refractivity contribution is -0.125. The van der Waals surface area contributed by atoms with E-state index >= 15 is 0 Å². The molecular weight excluding hydrogens is 248 g/mol. The molecule has 3 N–H and O–H groups in total. The summed E-state index contributed by atoms with van der Waals surface area (Å²) in [5.74, 6) is -0.201. The quantitative estimate of drug-likeness (QED) is 0.492. The Bertz CT molecular complexity index is 442. The number of nitrogens with two attached hydrogens (primary N) is 1. The minimum atomic E-state index is -0.340. The molecule has 0 bridgehead atoms. The zero-order chi connectivity index (χ0) is 13.7. The van der Waals surface area contributed by atoms with Crippen LogP contribution < -0.4 is 11.1 Å².